The van der Waals surface area contributed by atoms with Crippen LogP contribution >= 0.6 is 34.3 Å². The molecule has 4 aromatic rings. The second-order valence-electron chi connectivity index (χ2n) is 5.00. The Kier molecular flexibility index (Phi) is 4.29. The summed E-state index contributed by atoms with van der Waals surface area (Å²) in [7, 11) is -3.66. The van der Waals surface area contributed by atoms with Crippen LogP contribution in [0.5, 0.6) is 0 Å². The standard InChI is InChI=1S/C14H10ClN5O2S3/c15-11-2-4-14(24-11)25(21,22)16-7-13-18-17-12-3-1-10(19-20(12)13)9-5-6-23-8-9/h1-6,8,16H,7H2. The molecule has 25 heavy (non-hydrogen) atoms. The van der Waals surface area contributed by atoms with Gasteiger partial charge in [0, 0.05) is 10.9 Å². The first-order valence-electron chi connectivity index (χ1n) is 7.02. The molecule has 4 rings (SSSR count). The molecule has 0 bridgehead atoms. The zero-order valence-corrected chi connectivity index (χ0v) is 15.7. The lowest BCUT2D eigenvalue weighted by Crippen LogP contribution is -2.23. The van der Waals surface area contributed by atoms with Crippen molar-refractivity contribution in [2.45, 2.75) is 10.8 Å². The monoisotopic (exact) mass is 411 g/mol. The number of rotatable bonds is 5. The third kappa shape index (κ3) is 3.31. The Morgan fingerprint density at radius 3 is 2.76 bits per heavy atom. The van der Waals surface area contributed by atoms with Gasteiger partial charge in [-0.2, -0.15) is 21.0 Å². The maximum absolute atomic E-state index is 12.3. The van der Waals surface area contributed by atoms with E-state index in [0.29, 0.717) is 15.8 Å². The summed E-state index contributed by atoms with van der Waals surface area (Å²) in [4.78, 5) is 0. The van der Waals surface area contributed by atoms with Crippen molar-refractivity contribution in [3.8, 4) is 11.3 Å². The van der Waals surface area contributed by atoms with Gasteiger partial charge in [-0.15, -0.1) is 21.5 Å². The molecule has 4 heterocycles. The fourth-order valence-corrected chi connectivity index (χ4v) is 5.34. The largest absolute Gasteiger partial charge is 0.250 e. The summed E-state index contributed by atoms with van der Waals surface area (Å²) in [5.74, 6) is 0.401. The number of halogens is 1. The number of nitrogens with zero attached hydrogens (tertiary/aromatic N) is 4. The van der Waals surface area contributed by atoms with Gasteiger partial charge in [-0.3, -0.25) is 0 Å². The minimum absolute atomic E-state index is 0.0287. The topological polar surface area (TPSA) is 89.2 Å². The Balaban J connectivity index is 1.62. The number of hydrogen-bond donors (Lipinski definition) is 1. The molecule has 0 aliphatic carbocycles. The van der Waals surface area contributed by atoms with E-state index < -0.39 is 10.0 Å². The molecule has 0 amide bonds. The van der Waals surface area contributed by atoms with E-state index in [1.807, 2.05) is 22.9 Å². The summed E-state index contributed by atoms with van der Waals surface area (Å²) in [5.41, 5.74) is 2.30. The Hall–Kier alpha value is -1.85. The number of sulfonamides is 1. The first-order valence-corrected chi connectivity index (χ1v) is 10.6. The predicted octanol–water partition coefficient (Wildman–Crippen LogP) is 3.05. The molecule has 0 atom stereocenters. The van der Waals surface area contributed by atoms with Gasteiger partial charge in [0.25, 0.3) is 10.0 Å². The van der Waals surface area contributed by atoms with Gasteiger partial charge in [0.15, 0.2) is 11.5 Å². The maximum Gasteiger partial charge on any atom is 0.250 e. The lowest BCUT2D eigenvalue weighted by Gasteiger charge is -2.04. The number of thiophene rings is 2. The number of fused-ring (bicyclic) bond motifs is 1. The van der Waals surface area contributed by atoms with Crippen molar-refractivity contribution in [3.63, 3.8) is 0 Å². The van der Waals surface area contributed by atoms with Crippen LogP contribution in [0.1, 0.15) is 5.82 Å². The van der Waals surface area contributed by atoms with Gasteiger partial charge >= 0.3 is 0 Å². The fraction of sp³-hybridized carbons (Fsp3) is 0.0714. The Morgan fingerprint density at radius 1 is 1.16 bits per heavy atom. The van der Waals surface area contributed by atoms with E-state index in [1.54, 1.807) is 23.5 Å². The highest BCUT2D eigenvalue weighted by molar-refractivity contribution is 7.91. The van der Waals surface area contributed by atoms with Crippen molar-refractivity contribution in [1.29, 1.82) is 0 Å². The van der Waals surface area contributed by atoms with Gasteiger partial charge in [-0.05, 0) is 35.7 Å². The molecule has 0 spiro atoms. The summed E-state index contributed by atoms with van der Waals surface area (Å²) in [6, 6.07) is 8.62. The van der Waals surface area contributed by atoms with Crippen LogP contribution in [0.2, 0.25) is 4.34 Å². The van der Waals surface area contributed by atoms with Gasteiger partial charge in [0.2, 0.25) is 0 Å². The molecule has 0 aromatic carbocycles. The van der Waals surface area contributed by atoms with Crippen molar-refractivity contribution in [1.82, 2.24) is 24.5 Å². The van der Waals surface area contributed by atoms with Crippen molar-refractivity contribution >= 4 is 49.9 Å². The minimum atomic E-state index is -3.66. The van der Waals surface area contributed by atoms with Crippen molar-refractivity contribution < 1.29 is 8.42 Å². The molecule has 128 valence electrons. The SMILES string of the molecule is O=S(=O)(NCc1nnc2ccc(-c3ccsc3)nn12)c1ccc(Cl)s1. The van der Waals surface area contributed by atoms with E-state index in [4.69, 9.17) is 11.6 Å². The zero-order chi connectivity index (χ0) is 17.4. The van der Waals surface area contributed by atoms with Crippen LogP contribution in [0.15, 0.2) is 45.3 Å². The minimum Gasteiger partial charge on any atom is -0.206 e. The van der Waals surface area contributed by atoms with Crippen LogP contribution in [-0.4, -0.2) is 28.2 Å². The third-order valence-corrected chi connectivity index (χ3v) is 7.19. The predicted molar refractivity (Wildman–Crippen MR) is 97.4 cm³/mol. The molecule has 11 heteroatoms. The average molecular weight is 412 g/mol. The zero-order valence-electron chi connectivity index (χ0n) is 12.5. The Bertz CT molecular complexity index is 1130. The molecule has 4 aromatic heterocycles. The van der Waals surface area contributed by atoms with Gasteiger partial charge in [0.1, 0.15) is 4.21 Å². The molecule has 0 fully saturated rings. The van der Waals surface area contributed by atoms with E-state index in [9.17, 15) is 8.42 Å². The van der Waals surface area contributed by atoms with Crippen molar-refractivity contribution in [2.75, 3.05) is 0 Å². The smallest absolute Gasteiger partial charge is 0.206 e. The number of nitrogens with one attached hydrogen (secondary N) is 1. The molecule has 0 unspecified atom stereocenters. The van der Waals surface area contributed by atoms with E-state index in [0.717, 1.165) is 22.6 Å². The highest BCUT2D eigenvalue weighted by atomic mass is 35.5. The van der Waals surface area contributed by atoms with E-state index in [2.05, 4.69) is 20.0 Å². The third-order valence-electron chi connectivity index (χ3n) is 3.38. The molecule has 7 nitrogen and oxygen atoms in total. The van der Waals surface area contributed by atoms with E-state index in [1.165, 1.54) is 10.6 Å². The van der Waals surface area contributed by atoms with Gasteiger partial charge < -0.3 is 0 Å². The lowest BCUT2D eigenvalue weighted by atomic mass is 10.2. The van der Waals surface area contributed by atoms with E-state index in [-0.39, 0.29) is 10.8 Å². The highest BCUT2D eigenvalue weighted by Gasteiger charge is 2.18. The first kappa shape index (κ1) is 16.6. The molecular formula is C14H10ClN5O2S3. The second kappa shape index (κ2) is 6.46. The molecule has 0 saturated carbocycles. The molecule has 1 N–H and O–H groups in total. The second-order valence-corrected chi connectivity index (χ2v) is 9.49. The highest BCUT2D eigenvalue weighted by Crippen LogP contribution is 2.25. The van der Waals surface area contributed by atoms with Crippen LogP contribution in [0.4, 0.5) is 0 Å². The first-order chi connectivity index (χ1) is 12.0. The van der Waals surface area contributed by atoms with Crippen LogP contribution in [0.3, 0.4) is 0 Å². The molecule has 0 aliphatic heterocycles. The molecule has 0 aliphatic rings. The number of hydrogen-bond acceptors (Lipinski definition) is 7. The summed E-state index contributed by atoms with van der Waals surface area (Å²) in [5, 5.41) is 16.5. The summed E-state index contributed by atoms with van der Waals surface area (Å²) in [6.45, 7) is -0.0287. The number of aromatic nitrogens is 4. The summed E-state index contributed by atoms with van der Waals surface area (Å²) < 4.78 is 29.2. The maximum atomic E-state index is 12.3. The van der Waals surface area contributed by atoms with Gasteiger partial charge in [0.05, 0.1) is 16.6 Å². The quantitative estimate of drug-likeness (QED) is 0.545. The van der Waals surface area contributed by atoms with Gasteiger partial charge in [-0.1, -0.05) is 11.6 Å². The fourth-order valence-electron chi connectivity index (χ4n) is 2.18. The molecule has 0 saturated heterocycles. The van der Waals surface area contributed by atoms with Crippen LogP contribution in [0.25, 0.3) is 16.9 Å². The van der Waals surface area contributed by atoms with Crippen molar-refractivity contribution in [3.05, 3.63) is 51.3 Å². The van der Waals surface area contributed by atoms with Crippen LogP contribution in [0, 0.1) is 0 Å². The van der Waals surface area contributed by atoms with Crippen molar-refractivity contribution in [2.24, 2.45) is 0 Å². The summed E-state index contributed by atoms with van der Waals surface area (Å²) >= 11 is 8.37. The normalized spacial score (nSPS) is 12.0. The molecule has 0 radical (unpaired) electrons. The average Bonchev–Trinajstić information content (AvgIpc) is 3.33. The lowest BCUT2D eigenvalue weighted by molar-refractivity contribution is 0.580. The Morgan fingerprint density at radius 2 is 2.04 bits per heavy atom. The van der Waals surface area contributed by atoms with Gasteiger partial charge in [-0.25, -0.2) is 13.1 Å². The van der Waals surface area contributed by atoms with Crippen LogP contribution < -0.4 is 4.72 Å². The molecular weight excluding hydrogens is 402 g/mol. The summed E-state index contributed by atoms with van der Waals surface area (Å²) in [6.07, 6.45) is 0. The van der Waals surface area contributed by atoms with Crippen LogP contribution in [-0.2, 0) is 16.6 Å². The van der Waals surface area contributed by atoms with E-state index >= 15 is 0 Å². The Labute approximate surface area is 156 Å².